The van der Waals surface area contributed by atoms with Crippen LogP contribution in [0.1, 0.15) is 24.0 Å². The Morgan fingerprint density at radius 3 is 2.60 bits per heavy atom. The van der Waals surface area contributed by atoms with Crippen molar-refractivity contribution in [3.63, 3.8) is 0 Å². The number of rotatable bonds is 4. The third-order valence-corrected chi connectivity index (χ3v) is 4.89. The Balaban J connectivity index is 1.69. The van der Waals surface area contributed by atoms with Crippen LogP contribution in [-0.4, -0.2) is 24.0 Å². The lowest BCUT2D eigenvalue weighted by atomic mass is 10.0. The minimum atomic E-state index is -4.37. The van der Waals surface area contributed by atoms with E-state index in [1.807, 2.05) is 18.2 Å². The summed E-state index contributed by atoms with van der Waals surface area (Å²) < 4.78 is 40.3. The van der Waals surface area contributed by atoms with Gasteiger partial charge in [-0.15, -0.1) is 0 Å². The molecule has 6 heteroatoms. The van der Waals surface area contributed by atoms with Crippen LogP contribution in [0.15, 0.2) is 53.0 Å². The molecule has 0 aromatic heterocycles. The summed E-state index contributed by atoms with van der Waals surface area (Å²) in [4.78, 5) is 2.29. The van der Waals surface area contributed by atoms with Gasteiger partial charge in [0.25, 0.3) is 0 Å². The van der Waals surface area contributed by atoms with E-state index in [9.17, 15) is 13.2 Å². The standard InChI is InChI=1S/C19H20BrF3N2/c20-15-8-9-18(17(11-15)19(21,22)23)24-16-7-4-10-25(13-16)12-14-5-2-1-3-6-14/h1-3,5-6,8-9,11,16,24H,4,7,10,12-13H2. The molecule has 3 rings (SSSR count). The topological polar surface area (TPSA) is 15.3 Å². The van der Waals surface area contributed by atoms with Crippen LogP contribution in [0.2, 0.25) is 0 Å². The van der Waals surface area contributed by atoms with Crippen molar-refractivity contribution in [2.45, 2.75) is 31.6 Å². The summed E-state index contributed by atoms with van der Waals surface area (Å²) >= 11 is 3.12. The smallest absolute Gasteiger partial charge is 0.381 e. The third kappa shape index (κ3) is 4.98. The minimum Gasteiger partial charge on any atom is -0.381 e. The second-order valence-electron chi connectivity index (χ2n) is 6.39. The summed E-state index contributed by atoms with van der Waals surface area (Å²) in [6, 6.07) is 14.4. The van der Waals surface area contributed by atoms with Crippen LogP contribution in [-0.2, 0) is 12.7 Å². The fourth-order valence-electron chi connectivity index (χ4n) is 3.26. The van der Waals surface area contributed by atoms with Crippen LogP contribution >= 0.6 is 15.9 Å². The lowest BCUT2D eigenvalue weighted by Gasteiger charge is -2.34. The third-order valence-electron chi connectivity index (χ3n) is 4.40. The molecule has 1 N–H and O–H groups in total. The Kier molecular flexibility index (Phi) is 5.69. The highest BCUT2D eigenvalue weighted by molar-refractivity contribution is 9.10. The SMILES string of the molecule is FC(F)(F)c1cc(Br)ccc1NC1CCCN(Cc2ccccc2)C1. The molecule has 134 valence electrons. The molecule has 0 radical (unpaired) electrons. The van der Waals surface area contributed by atoms with Crippen LogP contribution in [0.4, 0.5) is 18.9 Å². The second-order valence-corrected chi connectivity index (χ2v) is 7.31. The van der Waals surface area contributed by atoms with E-state index in [0.29, 0.717) is 4.47 Å². The van der Waals surface area contributed by atoms with Crippen LogP contribution in [0.5, 0.6) is 0 Å². The normalized spacial score (nSPS) is 19.0. The molecule has 1 heterocycles. The summed E-state index contributed by atoms with van der Waals surface area (Å²) in [6.45, 7) is 2.54. The van der Waals surface area contributed by atoms with Gasteiger partial charge in [0.1, 0.15) is 0 Å². The Labute approximate surface area is 154 Å². The average molecular weight is 413 g/mol. The van der Waals surface area contributed by atoms with Crippen molar-refractivity contribution >= 4 is 21.6 Å². The van der Waals surface area contributed by atoms with Gasteiger partial charge in [0, 0.05) is 29.3 Å². The van der Waals surface area contributed by atoms with Gasteiger partial charge in [-0.05, 0) is 43.1 Å². The van der Waals surface area contributed by atoms with Gasteiger partial charge in [-0.25, -0.2) is 0 Å². The van der Waals surface area contributed by atoms with Crippen LogP contribution in [0.25, 0.3) is 0 Å². The van der Waals surface area contributed by atoms with Crippen LogP contribution in [0.3, 0.4) is 0 Å². The number of nitrogens with one attached hydrogen (secondary N) is 1. The zero-order valence-electron chi connectivity index (χ0n) is 13.7. The average Bonchev–Trinajstić information content (AvgIpc) is 2.57. The number of benzene rings is 2. The number of likely N-dealkylation sites (tertiary alicyclic amines) is 1. The molecule has 0 amide bonds. The van der Waals surface area contributed by atoms with Crippen molar-refractivity contribution in [1.29, 1.82) is 0 Å². The molecule has 2 aromatic rings. The van der Waals surface area contributed by atoms with E-state index < -0.39 is 11.7 Å². The highest BCUT2D eigenvalue weighted by Crippen LogP contribution is 2.37. The second kappa shape index (κ2) is 7.79. The van der Waals surface area contributed by atoms with Crippen molar-refractivity contribution in [2.24, 2.45) is 0 Å². The Morgan fingerprint density at radius 2 is 1.88 bits per heavy atom. The van der Waals surface area contributed by atoms with Crippen molar-refractivity contribution < 1.29 is 13.2 Å². The maximum atomic E-state index is 13.3. The van der Waals surface area contributed by atoms with Gasteiger partial charge in [-0.3, -0.25) is 4.90 Å². The largest absolute Gasteiger partial charge is 0.418 e. The fraction of sp³-hybridized carbons (Fsp3) is 0.368. The molecular weight excluding hydrogens is 393 g/mol. The lowest BCUT2D eigenvalue weighted by Crippen LogP contribution is -2.41. The summed E-state index contributed by atoms with van der Waals surface area (Å²) in [7, 11) is 0. The van der Waals surface area contributed by atoms with E-state index in [4.69, 9.17) is 0 Å². The molecule has 0 spiro atoms. The molecule has 1 saturated heterocycles. The molecule has 0 aliphatic carbocycles. The molecule has 25 heavy (non-hydrogen) atoms. The highest BCUT2D eigenvalue weighted by atomic mass is 79.9. The zero-order chi connectivity index (χ0) is 17.9. The van der Waals surface area contributed by atoms with Crippen LogP contribution in [0, 0.1) is 0 Å². The molecule has 0 bridgehead atoms. The Morgan fingerprint density at radius 1 is 1.12 bits per heavy atom. The van der Waals surface area contributed by atoms with E-state index in [-0.39, 0.29) is 11.7 Å². The molecule has 1 fully saturated rings. The molecule has 1 aliphatic rings. The van der Waals surface area contributed by atoms with Gasteiger partial charge in [0.2, 0.25) is 0 Å². The number of hydrogen-bond donors (Lipinski definition) is 1. The number of hydrogen-bond acceptors (Lipinski definition) is 2. The lowest BCUT2D eigenvalue weighted by molar-refractivity contribution is -0.137. The molecular formula is C19H20BrF3N2. The van der Waals surface area contributed by atoms with Gasteiger partial charge in [-0.2, -0.15) is 13.2 Å². The predicted octanol–water partition coefficient (Wildman–Crippen LogP) is 5.54. The van der Waals surface area contributed by atoms with Crippen molar-refractivity contribution in [3.8, 4) is 0 Å². The minimum absolute atomic E-state index is 0.0136. The first-order valence-electron chi connectivity index (χ1n) is 8.31. The number of halogens is 4. The molecule has 2 aromatic carbocycles. The predicted molar refractivity (Wildman–Crippen MR) is 97.5 cm³/mol. The number of alkyl halides is 3. The first-order valence-corrected chi connectivity index (χ1v) is 9.11. The molecule has 2 nitrogen and oxygen atoms in total. The van der Waals surface area contributed by atoms with Gasteiger partial charge in [0.05, 0.1) is 5.56 Å². The van der Waals surface area contributed by atoms with Gasteiger partial charge in [0.15, 0.2) is 0 Å². The fourth-order valence-corrected chi connectivity index (χ4v) is 3.62. The quantitative estimate of drug-likeness (QED) is 0.708. The van der Waals surface area contributed by atoms with E-state index in [0.717, 1.165) is 38.5 Å². The Bertz CT molecular complexity index is 704. The van der Waals surface area contributed by atoms with Gasteiger partial charge >= 0.3 is 6.18 Å². The van der Waals surface area contributed by atoms with Crippen LogP contribution < -0.4 is 5.32 Å². The molecule has 1 atom stereocenters. The van der Waals surface area contributed by atoms with Crippen molar-refractivity contribution in [3.05, 3.63) is 64.1 Å². The van der Waals surface area contributed by atoms with E-state index in [2.05, 4.69) is 38.3 Å². The highest BCUT2D eigenvalue weighted by Gasteiger charge is 2.34. The number of nitrogens with zero attached hydrogens (tertiary/aromatic N) is 1. The van der Waals surface area contributed by atoms with Crippen molar-refractivity contribution in [2.75, 3.05) is 18.4 Å². The summed E-state index contributed by atoms with van der Waals surface area (Å²) in [5.74, 6) is 0. The summed E-state index contributed by atoms with van der Waals surface area (Å²) in [5, 5.41) is 3.12. The number of piperidine rings is 1. The van der Waals surface area contributed by atoms with Gasteiger partial charge in [-0.1, -0.05) is 46.3 Å². The Hall–Kier alpha value is -1.53. The van der Waals surface area contributed by atoms with E-state index in [1.165, 1.54) is 11.6 Å². The summed E-state index contributed by atoms with van der Waals surface area (Å²) in [5.41, 5.74) is 0.757. The van der Waals surface area contributed by atoms with Gasteiger partial charge < -0.3 is 5.32 Å². The molecule has 1 aliphatic heterocycles. The monoisotopic (exact) mass is 412 g/mol. The first kappa shape index (κ1) is 18.3. The summed E-state index contributed by atoms with van der Waals surface area (Å²) in [6.07, 6.45) is -2.52. The zero-order valence-corrected chi connectivity index (χ0v) is 15.3. The van der Waals surface area contributed by atoms with E-state index in [1.54, 1.807) is 6.07 Å². The van der Waals surface area contributed by atoms with Crippen molar-refractivity contribution in [1.82, 2.24) is 4.90 Å². The molecule has 1 unspecified atom stereocenters. The maximum absolute atomic E-state index is 13.3. The molecule has 0 saturated carbocycles. The number of anilines is 1. The first-order chi connectivity index (χ1) is 11.9. The van der Waals surface area contributed by atoms with E-state index >= 15 is 0 Å². The maximum Gasteiger partial charge on any atom is 0.418 e.